The topological polar surface area (TPSA) is 110 Å². The molecule has 0 fully saturated rings. The molecule has 0 saturated carbocycles. The average Bonchev–Trinajstić information content (AvgIpc) is 3.06. The van der Waals surface area contributed by atoms with Crippen LogP contribution in [0.5, 0.6) is 0 Å². The molecule has 8 nitrogen and oxygen atoms in total. The molecule has 3 rings (SSSR count). The van der Waals surface area contributed by atoms with Gasteiger partial charge in [-0.1, -0.05) is 6.07 Å². The van der Waals surface area contributed by atoms with Gasteiger partial charge in [-0.3, -0.25) is 9.59 Å². The standard InChI is InChI=1S/C16H16N4O4/c1-8-4-9(2)14-11(7-23-12(14)5-8)6-13(22)18-16-15(17-10(3)21)19-24-20-16/h4-5,7H,6H2,1-3H3,(H,17,19,21)(H,18,20,22). The van der Waals surface area contributed by atoms with E-state index >= 15 is 0 Å². The lowest BCUT2D eigenvalue weighted by atomic mass is 10.0. The zero-order chi connectivity index (χ0) is 17.3. The summed E-state index contributed by atoms with van der Waals surface area (Å²) < 4.78 is 10.1. The maximum atomic E-state index is 12.3. The quantitative estimate of drug-likeness (QED) is 0.761. The van der Waals surface area contributed by atoms with Gasteiger partial charge >= 0.3 is 0 Å². The van der Waals surface area contributed by atoms with Crippen LogP contribution in [0.1, 0.15) is 23.6 Å². The lowest BCUT2D eigenvalue weighted by Gasteiger charge is -2.04. The first-order valence-electron chi connectivity index (χ1n) is 7.31. The van der Waals surface area contributed by atoms with Crippen LogP contribution in [-0.2, 0) is 16.0 Å². The second kappa shape index (κ2) is 6.15. The lowest BCUT2D eigenvalue weighted by molar-refractivity contribution is -0.116. The number of anilines is 2. The van der Waals surface area contributed by atoms with Crippen LogP contribution in [0.25, 0.3) is 11.0 Å². The molecule has 0 spiro atoms. The molecule has 2 N–H and O–H groups in total. The highest BCUT2D eigenvalue weighted by atomic mass is 16.6. The number of hydrogen-bond donors (Lipinski definition) is 2. The molecule has 1 aromatic carbocycles. The van der Waals surface area contributed by atoms with Crippen LogP contribution in [0.4, 0.5) is 11.6 Å². The first kappa shape index (κ1) is 15.7. The van der Waals surface area contributed by atoms with Gasteiger partial charge in [-0.2, -0.15) is 0 Å². The summed E-state index contributed by atoms with van der Waals surface area (Å²) in [6, 6.07) is 3.97. The highest BCUT2D eigenvalue weighted by Crippen LogP contribution is 2.27. The first-order valence-corrected chi connectivity index (χ1v) is 7.31. The number of benzene rings is 1. The van der Waals surface area contributed by atoms with Crippen LogP contribution >= 0.6 is 0 Å². The summed E-state index contributed by atoms with van der Waals surface area (Å²) in [7, 11) is 0. The number of rotatable bonds is 4. The van der Waals surface area contributed by atoms with Gasteiger partial charge in [0, 0.05) is 17.9 Å². The lowest BCUT2D eigenvalue weighted by Crippen LogP contribution is -2.17. The third-order valence-electron chi connectivity index (χ3n) is 3.48. The van der Waals surface area contributed by atoms with Crippen molar-refractivity contribution in [1.29, 1.82) is 0 Å². The van der Waals surface area contributed by atoms with Gasteiger partial charge in [-0.15, -0.1) is 0 Å². The van der Waals surface area contributed by atoms with Crippen molar-refractivity contribution in [1.82, 2.24) is 10.3 Å². The van der Waals surface area contributed by atoms with Crippen molar-refractivity contribution in [3.8, 4) is 0 Å². The molecule has 24 heavy (non-hydrogen) atoms. The highest BCUT2D eigenvalue weighted by Gasteiger charge is 2.17. The molecule has 0 aliphatic carbocycles. The molecule has 0 saturated heterocycles. The monoisotopic (exact) mass is 328 g/mol. The van der Waals surface area contributed by atoms with Gasteiger partial charge in [-0.25, -0.2) is 4.63 Å². The van der Waals surface area contributed by atoms with Gasteiger partial charge in [0.2, 0.25) is 23.5 Å². The van der Waals surface area contributed by atoms with Crippen LogP contribution in [0.15, 0.2) is 27.4 Å². The Hall–Kier alpha value is -3.16. The van der Waals surface area contributed by atoms with Gasteiger partial charge in [0.25, 0.3) is 0 Å². The zero-order valence-corrected chi connectivity index (χ0v) is 13.5. The summed E-state index contributed by atoms with van der Waals surface area (Å²) in [6.07, 6.45) is 1.68. The number of nitrogens with one attached hydrogen (secondary N) is 2. The van der Waals surface area contributed by atoms with E-state index in [1.54, 1.807) is 6.26 Å². The molecule has 8 heteroatoms. The van der Waals surface area contributed by atoms with E-state index in [-0.39, 0.29) is 29.9 Å². The predicted molar refractivity (Wildman–Crippen MR) is 86.6 cm³/mol. The summed E-state index contributed by atoms with van der Waals surface area (Å²) in [5.74, 6) is -0.525. The van der Waals surface area contributed by atoms with E-state index in [0.717, 1.165) is 27.7 Å². The number of amides is 2. The highest BCUT2D eigenvalue weighted by molar-refractivity contribution is 5.99. The molecule has 124 valence electrons. The number of hydrogen-bond acceptors (Lipinski definition) is 6. The smallest absolute Gasteiger partial charge is 0.230 e. The molecule has 3 aromatic rings. The van der Waals surface area contributed by atoms with Crippen LogP contribution < -0.4 is 10.6 Å². The van der Waals surface area contributed by atoms with E-state index in [2.05, 4.69) is 25.6 Å². The summed E-state index contributed by atoms with van der Waals surface area (Å²) in [6.45, 7) is 5.29. The number of carbonyl (C=O) groups excluding carboxylic acids is 2. The Morgan fingerprint density at radius 1 is 1.12 bits per heavy atom. The van der Waals surface area contributed by atoms with Crippen molar-refractivity contribution in [2.24, 2.45) is 0 Å². The molecule has 2 aromatic heterocycles. The van der Waals surface area contributed by atoms with E-state index < -0.39 is 0 Å². The van der Waals surface area contributed by atoms with E-state index in [0.29, 0.717) is 0 Å². The van der Waals surface area contributed by atoms with E-state index in [9.17, 15) is 9.59 Å². The van der Waals surface area contributed by atoms with Gasteiger partial charge in [0.15, 0.2) is 0 Å². The normalized spacial score (nSPS) is 10.8. The number of nitrogens with zero attached hydrogens (tertiary/aromatic N) is 2. The maximum Gasteiger partial charge on any atom is 0.230 e. The van der Waals surface area contributed by atoms with Crippen molar-refractivity contribution < 1.29 is 18.6 Å². The van der Waals surface area contributed by atoms with Crippen molar-refractivity contribution in [3.05, 3.63) is 35.1 Å². The molecule has 2 amide bonds. The van der Waals surface area contributed by atoms with Crippen molar-refractivity contribution in [3.63, 3.8) is 0 Å². The van der Waals surface area contributed by atoms with Crippen LogP contribution in [0.3, 0.4) is 0 Å². The summed E-state index contributed by atoms with van der Waals surface area (Å²) in [5, 5.41) is 13.0. The number of furan rings is 1. The largest absolute Gasteiger partial charge is 0.464 e. The van der Waals surface area contributed by atoms with Crippen LogP contribution in [0, 0.1) is 13.8 Å². The summed E-state index contributed by atoms with van der Waals surface area (Å²) in [5.41, 5.74) is 3.66. The Balaban J connectivity index is 1.79. The van der Waals surface area contributed by atoms with Gasteiger partial charge in [-0.05, 0) is 41.4 Å². The zero-order valence-electron chi connectivity index (χ0n) is 13.5. The fourth-order valence-electron chi connectivity index (χ4n) is 2.63. The van der Waals surface area contributed by atoms with Crippen LogP contribution in [-0.4, -0.2) is 22.1 Å². The van der Waals surface area contributed by atoms with E-state index in [4.69, 9.17) is 4.42 Å². The maximum absolute atomic E-state index is 12.3. The van der Waals surface area contributed by atoms with Gasteiger partial charge in [0.05, 0.1) is 12.7 Å². The first-order chi connectivity index (χ1) is 11.4. The van der Waals surface area contributed by atoms with Crippen molar-refractivity contribution in [2.45, 2.75) is 27.2 Å². The van der Waals surface area contributed by atoms with E-state index in [1.807, 2.05) is 26.0 Å². The minimum Gasteiger partial charge on any atom is -0.464 e. The number of aryl methyl sites for hydroxylation is 2. The molecule has 0 aliphatic heterocycles. The van der Waals surface area contributed by atoms with Crippen molar-refractivity contribution >= 4 is 34.4 Å². The fraction of sp³-hybridized carbons (Fsp3) is 0.250. The molecule has 0 atom stereocenters. The molecule has 0 radical (unpaired) electrons. The summed E-state index contributed by atoms with van der Waals surface area (Å²) in [4.78, 5) is 23.3. The molecule has 0 aliphatic rings. The number of aromatic nitrogens is 2. The SMILES string of the molecule is CC(=O)Nc1nonc1NC(=O)Cc1coc2cc(C)cc(C)c12. The average molecular weight is 328 g/mol. The minimum atomic E-state index is -0.340. The third-order valence-corrected chi connectivity index (χ3v) is 3.48. The van der Waals surface area contributed by atoms with E-state index in [1.165, 1.54) is 6.92 Å². The second-order valence-corrected chi connectivity index (χ2v) is 5.58. The molecule has 2 heterocycles. The van der Waals surface area contributed by atoms with Gasteiger partial charge < -0.3 is 15.1 Å². The third kappa shape index (κ3) is 3.12. The minimum absolute atomic E-state index is 0.0653. The Bertz CT molecular complexity index is 925. The Kier molecular flexibility index (Phi) is 4.03. The summed E-state index contributed by atoms with van der Waals surface area (Å²) >= 11 is 0. The predicted octanol–water partition coefficient (Wildman–Crippen LogP) is 2.57. The van der Waals surface area contributed by atoms with Gasteiger partial charge in [0.1, 0.15) is 5.58 Å². The second-order valence-electron chi connectivity index (χ2n) is 5.58. The number of carbonyl (C=O) groups is 2. The molecule has 0 unspecified atom stereocenters. The fourth-order valence-corrected chi connectivity index (χ4v) is 2.63. The Labute approximate surface area is 137 Å². The number of fused-ring (bicyclic) bond motifs is 1. The molecule has 0 bridgehead atoms. The molecular formula is C16H16N4O4. The van der Waals surface area contributed by atoms with Crippen LogP contribution in [0.2, 0.25) is 0 Å². The van der Waals surface area contributed by atoms with Crippen molar-refractivity contribution in [2.75, 3.05) is 10.6 Å². The Morgan fingerprint density at radius 3 is 2.54 bits per heavy atom. The molecular weight excluding hydrogens is 312 g/mol. The Morgan fingerprint density at radius 2 is 1.83 bits per heavy atom.